The molecule has 0 saturated carbocycles. The maximum absolute atomic E-state index is 12.0. The van der Waals surface area contributed by atoms with Gasteiger partial charge in [-0.05, 0) is 40.2 Å². The van der Waals surface area contributed by atoms with Gasteiger partial charge in [0.15, 0.2) is 6.10 Å². The van der Waals surface area contributed by atoms with Crippen LogP contribution >= 0.6 is 23.1 Å². The number of carbonyl (C=O) groups is 2. The summed E-state index contributed by atoms with van der Waals surface area (Å²) in [7, 11) is 0. The van der Waals surface area contributed by atoms with E-state index in [1.165, 1.54) is 16.6 Å². The summed E-state index contributed by atoms with van der Waals surface area (Å²) in [5.74, 6) is 0.0485. The lowest BCUT2D eigenvalue weighted by atomic mass is 10.2. The summed E-state index contributed by atoms with van der Waals surface area (Å²) in [6, 6.07) is 0. The van der Waals surface area contributed by atoms with Crippen LogP contribution in [0.2, 0.25) is 0 Å². The Morgan fingerprint density at radius 2 is 2.00 bits per heavy atom. The van der Waals surface area contributed by atoms with Crippen molar-refractivity contribution in [1.82, 2.24) is 15.3 Å². The molecule has 2 rings (SSSR count). The quantitative estimate of drug-likeness (QED) is 0.480. The number of thiophene rings is 1. The van der Waals surface area contributed by atoms with Crippen LogP contribution in [0, 0.1) is 20.8 Å². The monoisotopic (exact) mass is 367 g/mol. The minimum atomic E-state index is -0.796. The van der Waals surface area contributed by atoms with E-state index < -0.39 is 12.1 Å². The molecule has 24 heavy (non-hydrogen) atoms. The number of hydrogen-bond donors (Lipinski definition) is 1. The summed E-state index contributed by atoms with van der Waals surface area (Å²) in [5.41, 5.74) is 1.14. The molecule has 0 fully saturated rings. The second-order valence-corrected chi connectivity index (χ2v) is 7.52. The Balaban J connectivity index is 2.08. The first-order chi connectivity index (χ1) is 11.3. The van der Waals surface area contributed by atoms with E-state index in [9.17, 15) is 9.59 Å². The van der Waals surface area contributed by atoms with Gasteiger partial charge in [0.1, 0.15) is 15.7 Å². The van der Waals surface area contributed by atoms with Crippen LogP contribution in [0.25, 0.3) is 10.2 Å². The minimum Gasteiger partial charge on any atom is -0.452 e. The molecule has 8 heteroatoms. The van der Waals surface area contributed by atoms with Crippen LogP contribution in [0.15, 0.2) is 5.03 Å². The highest BCUT2D eigenvalue weighted by Crippen LogP contribution is 2.35. The number of rotatable bonds is 6. The molecule has 1 amide bonds. The Morgan fingerprint density at radius 1 is 1.29 bits per heavy atom. The molecule has 1 atom stereocenters. The van der Waals surface area contributed by atoms with E-state index in [4.69, 9.17) is 4.74 Å². The fourth-order valence-electron chi connectivity index (χ4n) is 2.15. The molecule has 0 aliphatic heterocycles. The van der Waals surface area contributed by atoms with Gasteiger partial charge < -0.3 is 10.1 Å². The summed E-state index contributed by atoms with van der Waals surface area (Å²) >= 11 is 2.94. The van der Waals surface area contributed by atoms with E-state index in [1.807, 2.05) is 27.7 Å². The van der Waals surface area contributed by atoms with Crippen LogP contribution < -0.4 is 5.32 Å². The highest BCUT2D eigenvalue weighted by molar-refractivity contribution is 8.00. The van der Waals surface area contributed by atoms with Gasteiger partial charge in [-0.2, -0.15) is 0 Å². The van der Waals surface area contributed by atoms with Crippen molar-refractivity contribution in [3.63, 3.8) is 0 Å². The highest BCUT2D eigenvalue weighted by Gasteiger charge is 2.19. The SMILES string of the molecule is CCNC(=O)[C@H](C)OC(=O)CSc1nc(C)nc2sc(C)c(C)c12. The zero-order chi connectivity index (χ0) is 17.9. The molecule has 0 aliphatic rings. The summed E-state index contributed by atoms with van der Waals surface area (Å²) in [6.45, 7) is 9.80. The van der Waals surface area contributed by atoms with Crippen LogP contribution in [0.1, 0.15) is 30.1 Å². The number of nitrogens with zero attached hydrogens (tertiary/aromatic N) is 2. The van der Waals surface area contributed by atoms with Gasteiger partial charge in [-0.25, -0.2) is 9.97 Å². The van der Waals surface area contributed by atoms with E-state index in [0.29, 0.717) is 12.4 Å². The predicted molar refractivity (Wildman–Crippen MR) is 96.6 cm³/mol. The first-order valence-corrected chi connectivity index (χ1v) is 9.48. The fraction of sp³-hybridized carbons (Fsp3) is 0.500. The number of ether oxygens (including phenoxy) is 1. The third-order valence-corrected chi connectivity index (χ3v) is 5.51. The van der Waals surface area contributed by atoms with Gasteiger partial charge in [-0.3, -0.25) is 9.59 Å². The van der Waals surface area contributed by atoms with Gasteiger partial charge in [0.05, 0.1) is 5.75 Å². The van der Waals surface area contributed by atoms with Crippen LogP contribution in [-0.4, -0.2) is 40.2 Å². The first-order valence-electron chi connectivity index (χ1n) is 7.67. The Hall–Kier alpha value is -1.67. The maximum atomic E-state index is 12.0. The number of hydrogen-bond acceptors (Lipinski definition) is 7. The van der Waals surface area contributed by atoms with Crippen molar-refractivity contribution in [3.8, 4) is 0 Å². The van der Waals surface area contributed by atoms with Crippen molar-refractivity contribution in [2.45, 2.75) is 45.7 Å². The lowest BCUT2D eigenvalue weighted by Gasteiger charge is -2.12. The number of fused-ring (bicyclic) bond motifs is 1. The third-order valence-electron chi connectivity index (χ3n) is 3.46. The molecule has 0 bridgehead atoms. The summed E-state index contributed by atoms with van der Waals surface area (Å²) in [5, 5.41) is 4.40. The number of esters is 1. The fourth-order valence-corrected chi connectivity index (χ4v) is 4.20. The molecule has 130 valence electrons. The van der Waals surface area contributed by atoms with Crippen molar-refractivity contribution in [1.29, 1.82) is 0 Å². The second-order valence-electron chi connectivity index (χ2n) is 5.35. The van der Waals surface area contributed by atoms with Crippen LogP contribution in [-0.2, 0) is 14.3 Å². The topological polar surface area (TPSA) is 81.2 Å². The van der Waals surface area contributed by atoms with Gasteiger partial charge in [0, 0.05) is 16.8 Å². The third kappa shape index (κ3) is 4.24. The molecule has 0 spiro atoms. The minimum absolute atomic E-state index is 0.101. The molecule has 0 radical (unpaired) electrons. The number of aromatic nitrogens is 2. The molecule has 0 aliphatic carbocycles. The number of carbonyl (C=O) groups excluding carboxylic acids is 2. The highest BCUT2D eigenvalue weighted by atomic mass is 32.2. The zero-order valence-corrected chi connectivity index (χ0v) is 16.1. The smallest absolute Gasteiger partial charge is 0.317 e. The number of thioether (sulfide) groups is 1. The van der Waals surface area contributed by atoms with Crippen LogP contribution in [0.3, 0.4) is 0 Å². The zero-order valence-electron chi connectivity index (χ0n) is 14.4. The number of aryl methyl sites for hydroxylation is 3. The molecule has 2 aromatic heterocycles. The van der Waals surface area contributed by atoms with Crippen LogP contribution in [0.4, 0.5) is 0 Å². The average Bonchev–Trinajstić information content (AvgIpc) is 2.79. The largest absolute Gasteiger partial charge is 0.452 e. The Bertz CT molecular complexity index is 774. The number of amides is 1. The molecule has 1 N–H and O–H groups in total. The maximum Gasteiger partial charge on any atom is 0.317 e. The lowest BCUT2D eigenvalue weighted by molar-refractivity contribution is -0.152. The number of nitrogens with one attached hydrogen (secondary N) is 1. The molecule has 0 saturated heterocycles. The number of likely N-dealkylation sites (N-methyl/N-ethyl adjacent to an activating group) is 1. The van der Waals surface area contributed by atoms with Crippen LogP contribution in [0.5, 0.6) is 0 Å². The van der Waals surface area contributed by atoms with E-state index in [2.05, 4.69) is 15.3 Å². The van der Waals surface area contributed by atoms with E-state index in [1.54, 1.807) is 18.3 Å². The summed E-state index contributed by atoms with van der Waals surface area (Å²) in [4.78, 5) is 34.6. The molecule has 0 unspecified atom stereocenters. The van der Waals surface area contributed by atoms with Gasteiger partial charge >= 0.3 is 5.97 Å². The molecule has 2 aromatic rings. The molecular formula is C16H21N3O3S2. The van der Waals surface area contributed by atoms with Gasteiger partial charge in [0.2, 0.25) is 0 Å². The van der Waals surface area contributed by atoms with E-state index in [-0.39, 0.29) is 11.7 Å². The van der Waals surface area contributed by atoms with Crippen molar-refractivity contribution < 1.29 is 14.3 Å². The van der Waals surface area contributed by atoms with Crippen molar-refractivity contribution in [2.75, 3.05) is 12.3 Å². The molecule has 0 aromatic carbocycles. The van der Waals surface area contributed by atoms with E-state index in [0.717, 1.165) is 20.8 Å². The van der Waals surface area contributed by atoms with Crippen molar-refractivity contribution >= 4 is 45.2 Å². The Morgan fingerprint density at radius 3 is 2.67 bits per heavy atom. The Kier molecular flexibility index (Phi) is 6.17. The normalized spacial score (nSPS) is 12.2. The molecule has 2 heterocycles. The average molecular weight is 367 g/mol. The van der Waals surface area contributed by atoms with Gasteiger partial charge in [-0.15, -0.1) is 11.3 Å². The van der Waals surface area contributed by atoms with Crippen molar-refractivity contribution in [3.05, 3.63) is 16.3 Å². The first kappa shape index (κ1) is 18.7. The molecule has 6 nitrogen and oxygen atoms in total. The van der Waals surface area contributed by atoms with Gasteiger partial charge in [0.25, 0.3) is 5.91 Å². The van der Waals surface area contributed by atoms with Gasteiger partial charge in [-0.1, -0.05) is 11.8 Å². The van der Waals surface area contributed by atoms with Crippen molar-refractivity contribution in [2.24, 2.45) is 0 Å². The summed E-state index contributed by atoms with van der Waals surface area (Å²) < 4.78 is 5.15. The van der Waals surface area contributed by atoms with E-state index >= 15 is 0 Å². The lowest BCUT2D eigenvalue weighted by Crippen LogP contribution is -2.35. The second kappa shape index (κ2) is 7.94. The summed E-state index contributed by atoms with van der Waals surface area (Å²) in [6.07, 6.45) is -0.796. The molecular weight excluding hydrogens is 346 g/mol. The Labute approximate surface area is 149 Å². The standard InChI is InChI=1S/C16H21N3O3S2/c1-6-17-14(21)9(3)22-12(20)7-23-15-13-8(2)10(4)24-16(13)19-11(5)18-15/h9H,6-7H2,1-5H3,(H,17,21)/t9-/m0/s1. The predicted octanol–water partition coefficient (Wildman–Crippen LogP) is 2.78.